The first-order chi connectivity index (χ1) is 9.63. The quantitative estimate of drug-likeness (QED) is 0.784. The van der Waals surface area contributed by atoms with Crippen molar-refractivity contribution in [2.75, 3.05) is 19.7 Å². The molecule has 116 valence electrons. The minimum absolute atomic E-state index is 0.00685. The topological polar surface area (TPSA) is 35.5 Å². The van der Waals surface area contributed by atoms with E-state index in [1.807, 2.05) is 0 Å². The molecule has 1 heterocycles. The second kappa shape index (κ2) is 5.94. The molecular weight excluding hydrogens is 248 g/mol. The highest BCUT2D eigenvalue weighted by Crippen LogP contribution is 2.41. The predicted molar refractivity (Wildman–Crippen MR) is 82.7 cm³/mol. The molecule has 2 N–H and O–H groups in total. The van der Waals surface area contributed by atoms with Gasteiger partial charge in [-0.1, -0.05) is 20.3 Å². The first-order valence-electron chi connectivity index (χ1n) is 8.75. The fourth-order valence-electron chi connectivity index (χ4n) is 5.21. The van der Waals surface area contributed by atoms with Crippen LogP contribution in [0.4, 0.5) is 0 Å². The zero-order valence-corrected chi connectivity index (χ0v) is 13.3. The summed E-state index contributed by atoms with van der Waals surface area (Å²) in [7, 11) is 0. The van der Waals surface area contributed by atoms with Crippen LogP contribution in [0.1, 0.15) is 58.8 Å². The van der Waals surface area contributed by atoms with Crippen molar-refractivity contribution in [2.45, 2.75) is 76.4 Å². The highest BCUT2D eigenvalue weighted by Gasteiger charge is 2.43. The van der Waals surface area contributed by atoms with Crippen LogP contribution >= 0.6 is 0 Å². The van der Waals surface area contributed by atoms with Crippen molar-refractivity contribution < 1.29 is 5.11 Å². The van der Waals surface area contributed by atoms with Gasteiger partial charge in [0.2, 0.25) is 0 Å². The molecule has 2 aliphatic carbocycles. The number of fused-ring (bicyclic) bond motifs is 2. The van der Waals surface area contributed by atoms with E-state index in [9.17, 15) is 5.11 Å². The predicted octanol–water partition coefficient (Wildman–Crippen LogP) is 2.39. The molecule has 0 amide bonds. The van der Waals surface area contributed by atoms with Crippen molar-refractivity contribution >= 4 is 0 Å². The molecule has 1 saturated heterocycles. The van der Waals surface area contributed by atoms with E-state index < -0.39 is 0 Å². The molecule has 20 heavy (non-hydrogen) atoms. The summed E-state index contributed by atoms with van der Waals surface area (Å²) in [4.78, 5) is 2.74. The molecule has 0 radical (unpaired) electrons. The van der Waals surface area contributed by atoms with Gasteiger partial charge in [-0.25, -0.2) is 0 Å². The van der Waals surface area contributed by atoms with Gasteiger partial charge in [0.1, 0.15) is 0 Å². The Balaban J connectivity index is 1.55. The summed E-state index contributed by atoms with van der Waals surface area (Å²) in [6.07, 6.45) is 9.35. The summed E-state index contributed by atoms with van der Waals surface area (Å²) < 4.78 is 0. The van der Waals surface area contributed by atoms with E-state index in [2.05, 4.69) is 24.1 Å². The first-order valence-corrected chi connectivity index (χ1v) is 8.75. The Hall–Kier alpha value is -0.120. The SMILES string of the molecule is CC(C)NC1(CO)CCCC1CCN1CC2CCC1C2. The van der Waals surface area contributed by atoms with Gasteiger partial charge in [-0.15, -0.1) is 0 Å². The van der Waals surface area contributed by atoms with Crippen LogP contribution in [0.15, 0.2) is 0 Å². The highest BCUT2D eigenvalue weighted by molar-refractivity contribution is 5.01. The molecule has 2 saturated carbocycles. The van der Waals surface area contributed by atoms with E-state index in [-0.39, 0.29) is 5.54 Å². The zero-order chi connectivity index (χ0) is 14.2. The molecule has 0 aromatic carbocycles. The average molecular weight is 280 g/mol. The van der Waals surface area contributed by atoms with Gasteiger partial charge in [0.25, 0.3) is 0 Å². The van der Waals surface area contributed by atoms with Gasteiger partial charge >= 0.3 is 0 Å². The van der Waals surface area contributed by atoms with Crippen LogP contribution in [0.25, 0.3) is 0 Å². The molecule has 2 bridgehead atoms. The lowest BCUT2D eigenvalue weighted by Gasteiger charge is -2.38. The summed E-state index contributed by atoms with van der Waals surface area (Å²) in [6, 6.07) is 1.36. The number of nitrogens with zero attached hydrogens (tertiary/aromatic N) is 1. The maximum absolute atomic E-state index is 9.96. The molecular formula is C17H32N2O. The van der Waals surface area contributed by atoms with Crippen molar-refractivity contribution in [2.24, 2.45) is 11.8 Å². The van der Waals surface area contributed by atoms with Crippen molar-refractivity contribution in [3.8, 4) is 0 Å². The molecule has 1 aliphatic heterocycles. The number of hydrogen-bond donors (Lipinski definition) is 2. The third-order valence-electron chi connectivity index (χ3n) is 6.10. The van der Waals surface area contributed by atoms with Gasteiger partial charge in [0.15, 0.2) is 0 Å². The molecule has 3 fully saturated rings. The standard InChI is InChI=1S/C17H32N2O/c1-13(2)18-17(12-20)8-3-4-15(17)7-9-19-11-14-5-6-16(19)10-14/h13-16,18,20H,3-12H2,1-2H3. The minimum Gasteiger partial charge on any atom is -0.394 e. The monoisotopic (exact) mass is 280 g/mol. The molecule has 3 nitrogen and oxygen atoms in total. The molecule has 3 heteroatoms. The van der Waals surface area contributed by atoms with Gasteiger partial charge in [0.05, 0.1) is 6.61 Å². The second-order valence-corrected chi connectivity index (χ2v) is 7.82. The van der Waals surface area contributed by atoms with Crippen LogP contribution < -0.4 is 5.32 Å². The molecule has 0 aromatic rings. The fourth-order valence-corrected chi connectivity index (χ4v) is 5.21. The number of nitrogens with one attached hydrogen (secondary N) is 1. The Morgan fingerprint density at radius 2 is 2.15 bits per heavy atom. The number of aliphatic hydroxyl groups excluding tert-OH is 1. The van der Waals surface area contributed by atoms with Crippen molar-refractivity contribution in [1.29, 1.82) is 0 Å². The number of rotatable bonds is 6. The summed E-state index contributed by atoms with van der Waals surface area (Å²) in [5.74, 6) is 1.66. The van der Waals surface area contributed by atoms with Crippen molar-refractivity contribution in [1.82, 2.24) is 10.2 Å². The van der Waals surface area contributed by atoms with Crippen LogP contribution in [-0.4, -0.2) is 47.3 Å². The second-order valence-electron chi connectivity index (χ2n) is 7.82. The largest absolute Gasteiger partial charge is 0.394 e. The van der Waals surface area contributed by atoms with Gasteiger partial charge in [-0.3, -0.25) is 0 Å². The van der Waals surface area contributed by atoms with Crippen LogP contribution in [0.5, 0.6) is 0 Å². The summed E-state index contributed by atoms with van der Waals surface area (Å²) >= 11 is 0. The molecule has 3 aliphatic rings. The third-order valence-corrected chi connectivity index (χ3v) is 6.10. The summed E-state index contributed by atoms with van der Waals surface area (Å²) in [5, 5.41) is 13.7. The van der Waals surface area contributed by atoms with E-state index >= 15 is 0 Å². The Kier molecular flexibility index (Phi) is 4.40. The Bertz CT molecular complexity index is 333. The Labute approximate surface area is 124 Å². The lowest BCUT2D eigenvalue weighted by molar-refractivity contribution is 0.0990. The van der Waals surface area contributed by atoms with E-state index in [1.165, 1.54) is 51.6 Å². The van der Waals surface area contributed by atoms with E-state index in [4.69, 9.17) is 0 Å². The summed E-state index contributed by atoms with van der Waals surface area (Å²) in [5.41, 5.74) is 0.00685. The van der Waals surface area contributed by atoms with Crippen LogP contribution in [0.3, 0.4) is 0 Å². The normalized spacial score (nSPS) is 41.1. The van der Waals surface area contributed by atoms with Crippen molar-refractivity contribution in [3.63, 3.8) is 0 Å². The van der Waals surface area contributed by atoms with E-state index in [1.54, 1.807) is 0 Å². The molecule has 4 atom stereocenters. The fraction of sp³-hybridized carbons (Fsp3) is 1.00. The summed E-state index contributed by atoms with van der Waals surface area (Å²) in [6.45, 7) is 7.31. The number of hydrogen-bond acceptors (Lipinski definition) is 3. The van der Waals surface area contributed by atoms with Crippen LogP contribution in [0, 0.1) is 11.8 Å². The number of likely N-dealkylation sites (tertiary alicyclic amines) is 1. The third kappa shape index (κ3) is 2.77. The van der Waals surface area contributed by atoms with Crippen LogP contribution in [-0.2, 0) is 0 Å². The molecule has 0 aromatic heterocycles. The lowest BCUT2D eigenvalue weighted by Crippen LogP contribution is -2.54. The van der Waals surface area contributed by atoms with Gasteiger partial charge in [-0.2, -0.15) is 0 Å². The number of aliphatic hydroxyl groups is 1. The first kappa shape index (κ1) is 14.8. The minimum atomic E-state index is 0.00685. The van der Waals surface area contributed by atoms with Gasteiger partial charge in [-0.05, 0) is 56.9 Å². The average Bonchev–Trinajstić information content (AvgIpc) is 3.10. The lowest BCUT2D eigenvalue weighted by atomic mass is 9.84. The maximum Gasteiger partial charge on any atom is 0.0616 e. The Morgan fingerprint density at radius 1 is 1.30 bits per heavy atom. The zero-order valence-electron chi connectivity index (χ0n) is 13.3. The van der Waals surface area contributed by atoms with E-state index in [0.717, 1.165) is 18.4 Å². The van der Waals surface area contributed by atoms with E-state index in [0.29, 0.717) is 18.6 Å². The molecule has 0 spiro atoms. The highest BCUT2D eigenvalue weighted by atomic mass is 16.3. The van der Waals surface area contributed by atoms with Crippen molar-refractivity contribution in [3.05, 3.63) is 0 Å². The maximum atomic E-state index is 9.96. The molecule has 4 unspecified atom stereocenters. The molecule has 3 rings (SSSR count). The van der Waals surface area contributed by atoms with Gasteiger partial charge < -0.3 is 15.3 Å². The van der Waals surface area contributed by atoms with Crippen LogP contribution in [0.2, 0.25) is 0 Å². The van der Waals surface area contributed by atoms with Gasteiger partial charge in [0, 0.05) is 24.2 Å². The number of piperidine rings is 1. The smallest absolute Gasteiger partial charge is 0.0616 e. The Morgan fingerprint density at radius 3 is 2.75 bits per heavy atom.